The normalized spacial score (nSPS) is 19.9. The summed E-state index contributed by atoms with van der Waals surface area (Å²) in [5.74, 6) is 1.82. The number of methoxy groups -OCH3 is 1. The molecular formula is C21H33IN4O2. The Kier molecular flexibility index (Phi) is 9.50. The highest BCUT2D eigenvalue weighted by atomic mass is 127. The number of amides is 1. The second kappa shape index (κ2) is 11.6. The second-order valence-corrected chi connectivity index (χ2v) is 7.41. The highest BCUT2D eigenvalue weighted by Crippen LogP contribution is 2.19. The zero-order valence-corrected chi connectivity index (χ0v) is 19.4. The Bertz CT molecular complexity index is 668. The van der Waals surface area contributed by atoms with E-state index in [2.05, 4.69) is 35.3 Å². The number of hydrogen-bond acceptors (Lipinski definition) is 3. The van der Waals surface area contributed by atoms with Crippen LogP contribution in [0.1, 0.15) is 37.3 Å². The zero-order chi connectivity index (χ0) is 19.1. The molecule has 6 nitrogen and oxygen atoms in total. The molecule has 2 fully saturated rings. The van der Waals surface area contributed by atoms with Crippen LogP contribution in [0.2, 0.25) is 0 Å². The first-order valence-electron chi connectivity index (χ1n) is 10.1. The molecule has 2 heterocycles. The smallest absolute Gasteiger partial charge is 0.222 e. The van der Waals surface area contributed by atoms with E-state index in [4.69, 9.17) is 9.73 Å². The third-order valence-electron chi connectivity index (χ3n) is 5.37. The first kappa shape index (κ1) is 22.9. The number of nitrogens with one attached hydrogen (secondary N) is 1. The minimum atomic E-state index is 0. The fourth-order valence-corrected chi connectivity index (χ4v) is 3.93. The van der Waals surface area contributed by atoms with E-state index in [9.17, 15) is 4.79 Å². The quantitative estimate of drug-likeness (QED) is 0.356. The minimum absolute atomic E-state index is 0. The van der Waals surface area contributed by atoms with Crippen LogP contribution in [0.5, 0.6) is 0 Å². The van der Waals surface area contributed by atoms with Crippen molar-refractivity contribution in [1.29, 1.82) is 0 Å². The fourth-order valence-electron chi connectivity index (χ4n) is 3.93. The van der Waals surface area contributed by atoms with Gasteiger partial charge in [0.05, 0.1) is 13.2 Å². The number of likely N-dealkylation sites (tertiary alicyclic amines) is 2. The molecular weight excluding hydrogens is 467 g/mol. The average Bonchev–Trinajstić information content (AvgIpc) is 3.30. The van der Waals surface area contributed by atoms with Crippen LogP contribution in [0.4, 0.5) is 0 Å². The van der Waals surface area contributed by atoms with Gasteiger partial charge in [0.25, 0.3) is 0 Å². The van der Waals surface area contributed by atoms with E-state index in [0.717, 1.165) is 51.6 Å². The van der Waals surface area contributed by atoms with Crippen molar-refractivity contribution in [3.63, 3.8) is 0 Å². The molecule has 0 aliphatic carbocycles. The first-order valence-corrected chi connectivity index (χ1v) is 10.1. The average molecular weight is 500 g/mol. The molecule has 28 heavy (non-hydrogen) atoms. The summed E-state index contributed by atoms with van der Waals surface area (Å²) in [6, 6.07) is 8.34. The number of aliphatic imine (C=N–C) groups is 1. The second-order valence-electron chi connectivity index (χ2n) is 7.41. The number of rotatable bonds is 7. The molecule has 156 valence electrons. The predicted molar refractivity (Wildman–Crippen MR) is 123 cm³/mol. The first-order chi connectivity index (χ1) is 13.2. The summed E-state index contributed by atoms with van der Waals surface area (Å²) >= 11 is 0. The molecule has 3 rings (SSSR count). The molecule has 0 spiro atoms. The summed E-state index contributed by atoms with van der Waals surface area (Å²) in [5, 5.41) is 3.43. The molecule has 1 amide bonds. The topological polar surface area (TPSA) is 57.2 Å². The lowest BCUT2D eigenvalue weighted by Crippen LogP contribution is -2.40. The van der Waals surface area contributed by atoms with Gasteiger partial charge in [-0.15, -0.1) is 24.0 Å². The third kappa shape index (κ3) is 6.07. The predicted octanol–water partition coefficient (Wildman–Crippen LogP) is 2.86. The van der Waals surface area contributed by atoms with Gasteiger partial charge in [-0.3, -0.25) is 4.79 Å². The van der Waals surface area contributed by atoms with Crippen molar-refractivity contribution in [2.45, 2.75) is 39.3 Å². The lowest BCUT2D eigenvalue weighted by atomic mass is 10.1. The van der Waals surface area contributed by atoms with Crippen molar-refractivity contribution in [1.82, 2.24) is 15.1 Å². The summed E-state index contributed by atoms with van der Waals surface area (Å²) in [5.41, 5.74) is 2.39. The molecule has 2 aliphatic heterocycles. The Balaban J connectivity index is 0.00000280. The summed E-state index contributed by atoms with van der Waals surface area (Å²) in [7, 11) is 1.77. The van der Waals surface area contributed by atoms with Crippen LogP contribution in [0, 0.1) is 5.92 Å². The minimum Gasteiger partial charge on any atom is -0.384 e. The van der Waals surface area contributed by atoms with Gasteiger partial charge in [-0.05, 0) is 30.9 Å². The van der Waals surface area contributed by atoms with Gasteiger partial charge in [0.15, 0.2) is 5.96 Å². The van der Waals surface area contributed by atoms with Crippen LogP contribution in [0.3, 0.4) is 0 Å². The number of carbonyl (C=O) groups is 1. The van der Waals surface area contributed by atoms with Crippen LogP contribution in [0.15, 0.2) is 29.3 Å². The van der Waals surface area contributed by atoms with Gasteiger partial charge in [-0.25, -0.2) is 4.99 Å². The van der Waals surface area contributed by atoms with Crippen molar-refractivity contribution in [2.24, 2.45) is 10.9 Å². The maximum absolute atomic E-state index is 12.0. The molecule has 1 atom stereocenters. The van der Waals surface area contributed by atoms with E-state index in [1.807, 2.05) is 11.0 Å². The Labute approximate surface area is 185 Å². The number of carbonyl (C=O) groups excluding carboxylic acids is 1. The van der Waals surface area contributed by atoms with E-state index < -0.39 is 0 Å². The van der Waals surface area contributed by atoms with Crippen LogP contribution >= 0.6 is 24.0 Å². The van der Waals surface area contributed by atoms with Crippen LogP contribution < -0.4 is 5.32 Å². The van der Waals surface area contributed by atoms with Gasteiger partial charge in [0.1, 0.15) is 0 Å². The van der Waals surface area contributed by atoms with Gasteiger partial charge in [0, 0.05) is 52.2 Å². The van der Waals surface area contributed by atoms with Gasteiger partial charge < -0.3 is 19.9 Å². The number of benzene rings is 1. The molecule has 1 aromatic rings. The van der Waals surface area contributed by atoms with E-state index >= 15 is 0 Å². The van der Waals surface area contributed by atoms with Gasteiger partial charge >= 0.3 is 0 Å². The molecule has 2 aliphatic rings. The molecule has 7 heteroatoms. The van der Waals surface area contributed by atoms with Crippen LogP contribution in [-0.2, 0) is 22.6 Å². The van der Waals surface area contributed by atoms with E-state index in [0.29, 0.717) is 25.4 Å². The van der Waals surface area contributed by atoms with Crippen molar-refractivity contribution in [3.8, 4) is 0 Å². The van der Waals surface area contributed by atoms with Gasteiger partial charge in [-0.1, -0.05) is 24.3 Å². The van der Waals surface area contributed by atoms with Crippen LogP contribution in [-0.4, -0.2) is 61.6 Å². The number of guanidine groups is 1. The molecule has 1 N–H and O–H groups in total. The highest BCUT2D eigenvalue weighted by molar-refractivity contribution is 14.0. The van der Waals surface area contributed by atoms with E-state index in [1.165, 1.54) is 11.1 Å². The summed E-state index contributed by atoms with van der Waals surface area (Å²) in [6.45, 7) is 7.97. The standard InChI is InChI=1S/C21H32N4O2.HI/c1-3-22-21(25-12-10-17(14-25)16-27-2)23-13-18-7-4-5-8-19(18)15-24-11-6-9-20(24)26;/h4-5,7-8,17H,3,6,9-16H2,1-2H3,(H,22,23);1H. The zero-order valence-electron chi connectivity index (χ0n) is 17.0. The Morgan fingerprint density at radius 2 is 2.07 bits per heavy atom. The highest BCUT2D eigenvalue weighted by Gasteiger charge is 2.25. The van der Waals surface area contributed by atoms with E-state index in [1.54, 1.807) is 7.11 Å². The molecule has 1 unspecified atom stereocenters. The maximum Gasteiger partial charge on any atom is 0.222 e. The molecule has 1 aromatic carbocycles. The van der Waals surface area contributed by atoms with Gasteiger partial charge in [0.2, 0.25) is 5.91 Å². The van der Waals surface area contributed by atoms with Crippen molar-refractivity contribution >= 4 is 35.8 Å². The van der Waals surface area contributed by atoms with Gasteiger partial charge in [-0.2, -0.15) is 0 Å². The molecule has 2 saturated heterocycles. The van der Waals surface area contributed by atoms with E-state index in [-0.39, 0.29) is 29.9 Å². The lowest BCUT2D eigenvalue weighted by Gasteiger charge is -2.22. The molecule has 0 aromatic heterocycles. The number of halogens is 1. The van der Waals surface area contributed by atoms with Crippen molar-refractivity contribution < 1.29 is 9.53 Å². The number of ether oxygens (including phenoxy) is 1. The van der Waals surface area contributed by atoms with Crippen molar-refractivity contribution in [2.75, 3.05) is 39.9 Å². The summed E-state index contributed by atoms with van der Waals surface area (Å²) < 4.78 is 5.31. The maximum atomic E-state index is 12.0. The lowest BCUT2D eigenvalue weighted by molar-refractivity contribution is -0.128. The molecule has 0 saturated carbocycles. The SMILES string of the molecule is CCNC(=NCc1ccccc1CN1CCCC1=O)N1CCC(COC)C1.I. The molecule has 0 radical (unpaired) electrons. The monoisotopic (exact) mass is 500 g/mol. The fraction of sp³-hybridized carbons (Fsp3) is 0.619. The number of hydrogen-bond donors (Lipinski definition) is 1. The van der Waals surface area contributed by atoms with Crippen LogP contribution in [0.25, 0.3) is 0 Å². The molecule has 0 bridgehead atoms. The Hall–Kier alpha value is -1.35. The Morgan fingerprint density at radius 3 is 2.75 bits per heavy atom. The summed E-state index contributed by atoms with van der Waals surface area (Å²) in [4.78, 5) is 21.2. The summed E-state index contributed by atoms with van der Waals surface area (Å²) in [6.07, 6.45) is 2.80. The third-order valence-corrected chi connectivity index (χ3v) is 5.37. The largest absolute Gasteiger partial charge is 0.384 e. The Morgan fingerprint density at radius 1 is 1.29 bits per heavy atom. The number of nitrogens with zero attached hydrogens (tertiary/aromatic N) is 3. The van der Waals surface area contributed by atoms with Crippen molar-refractivity contribution in [3.05, 3.63) is 35.4 Å².